The van der Waals surface area contributed by atoms with Gasteiger partial charge in [0.15, 0.2) is 0 Å². The van der Waals surface area contributed by atoms with Crippen molar-refractivity contribution in [3.63, 3.8) is 0 Å². The number of aromatic nitrogens is 4. The van der Waals surface area contributed by atoms with Gasteiger partial charge < -0.3 is 4.40 Å². The van der Waals surface area contributed by atoms with Gasteiger partial charge in [-0.25, -0.2) is 9.97 Å². The van der Waals surface area contributed by atoms with Crippen LogP contribution in [0.5, 0.6) is 0 Å². The van der Waals surface area contributed by atoms with Crippen LogP contribution in [0.3, 0.4) is 0 Å². The fourth-order valence-corrected chi connectivity index (χ4v) is 8.73. The van der Waals surface area contributed by atoms with Crippen LogP contribution in [0.25, 0.3) is 110 Å². The highest BCUT2D eigenvalue weighted by Gasteiger charge is 2.26. The first-order valence-electron chi connectivity index (χ1n) is 17.1. The quantitative estimate of drug-likeness (QED) is 0.177. The third-order valence-corrected chi connectivity index (χ3v) is 10.8. The van der Waals surface area contributed by atoms with Gasteiger partial charge in [0, 0.05) is 54.0 Å². The molecule has 4 heterocycles. The molecule has 0 radical (unpaired) electrons. The number of hydrogen-bond donors (Lipinski definition) is 0. The Hall–Kier alpha value is -6.78. The molecule has 4 nitrogen and oxygen atoms in total. The van der Waals surface area contributed by atoms with Crippen LogP contribution in [0.15, 0.2) is 158 Å². The Morgan fingerprint density at radius 3 is 1.82 bits per heavy atom. The van der Waals surface area contributed by atoms with Gasteiger partial charge in [-0.2, -0.15) is 0 Å². The van der Waals surface area contributed by atoms with Gasteiger partial charge in [-0.1, -0.05) is 133 Å². The second kappa shape index (κ2) is 9.43. The fraction of sp³-hybridized carbons (Fsp3) is 0. The van der Waals surface area contributed by atoms with Gasteiger partial charge in [0.05, 0.1) is 38.8 Å². The average molecular weight is 635 g/mol. The van der Waals surface area contributed by atoms with Gasteiger partial charge in [-0.05, 0) is 35.0 Å². The molecule has 0 saturated heterocycles. The van der Waals surface area contributed by atoms with E-state index in [1.54, 1.807) is 0 Å². The first-order chi connectivity index (χ1) is 24.8. The van der Waals surface area contributed by atoms with E-state index in [0.29, 0.717) is 5.95 Å². The molecule has 230 valence electrons. The highest BCUT2D eigenvalue weighted by Crippen LogP contribution is 2.47. The van der Waals surface area contributed by atoms with Crippen LogP contribution >= 0.6 is 0 Å². The summed E-state index contributed by atoms with van der Waals surface area (Å²) in [7, 11) is 0. The zero-order valence-corrected chi connectivity index (χ0v) is 26.8. The Balaban J connectivity index is 1.34. The normalized spacial score (nSPS) is 12.4. The number of rotatable bonds is 2. The first kappa shape index (κ1) is 26.2. The standard InChI is InChI=1S/C46H26N4/c1-2-14-29(15-3-1)41-35-25-23-27-12-4-6-16-30(27)42(35)48-46(47-41)50-38-20-10-8-18-32(38)36-26-37-33-24-22-28-13-5-7-17-31(28)43(33)49-39-21-11-9-19-34(39)40(44(37)49)45(36)50/h1-26H. The van der Waals surface area contributed by atoms with E-state index in [9.17, 15) is 0 Å². The van der Waals surface area contributed by atoms with Crippen molar-refractivity contribution < 1.29 is 0 Å². The topological polar surface area (TPSA) is 35.1 Å². The van der Waals surface area contributed by atoms with E-state index in [1.807, 2.05) is 0 Å². The van der Waals surface area contributed by atoms with Crippen molar-refractivity contribution in [3.8, 4) is 17.2 Å². The SMILES string of the molecule is c1ccc(-c2nc(-n3c4ccccc4c4cc5c6ccc7ccccc7c6n6c7ccccc7c(c43)c56)nc3c2ccc2ccccc23)cc1. The summed E-state index contributed by atoms with van der Waals surface area (Å²) in [6.45, 7) is 0. The van der Waals surface area contributed by atoms with E-state index in [-0.39, 0.29) is 0 Å². The van der Waals surface area contributed by atoms with Gasteiger partial charge in [-0.15, -0.1) is 0 Å². The van der Waals surface area contributed by atoms with Crippen LogP contribution in [0, 0.1) is 0 Å². The zero-order valence-electron chi connectivity index (χ0n) is 26.8. The largest absolute Gasteiger partial charge is 0.307 e. The minimum Gasteiger partial charge on any atom is -0.307 e. The molecule has 50 heavy (non-hydrogen) atoms. The number of fused-ring (bicyclic) bond motifs is 15. The molecule has 0 N–H and O–H groups in total. The average Bonchev–Trinajstić information content (AvgIpc) is 3.82. The van der Waals surface area contributed by atoms with Crippen molar-refractivity contribution >= 4 is 92.3 Å². The lowest BCUT2D eigenvalue weighted by atomic mass is 10.0. The summed E-state index contributed by atoms with van der Waals surface area (Å²) in [5, 5.41) is 13.2. The highest BCUT2D eigenvalue weighted by molar-refractivity contribution is 6.35. The summed E-state index contributed by atoms with van der Waals surface area (Å²) in [5.74, 6) is 0.673. The molecule has 0 unspecified atom stereocenters. The molecule has 4 aromatic heterocycles. The van der Waals surface area contributed by atoms with E-state index >= 15 is 0 Å². The van der Waals surface area contributed by atoms with E-state index in [1.165, 1.54) is 59.6 Å². The van der Waals surface area contributed by atoms with Crippen LogP contribution in [-0.4, -0.2) is 18.9 Å². The smallest absolute Gasteiger partial charge is 0.235 e. The lowest BCUT2D eigenvalue weighted by molar-refractivity contribution is 1.02. The maximum Gasteiger partial charge on any atom is 0.235 e. The summed E-state index contributed by atoms with van der Waals surface area (Å²) < 4.78 is 4.83. The Morgan fingerprint density at radius 1 is 0.380 bits per heavy atom. The van der Waals surface area contributed by atoms with Crippen molar-refractivity contribution in [2.75, 3.05) is 0 Å². The van der Waals surface area contributed by atoms with Crippen molar-refractivity contribution in [2.45, 2.75) is 0 Å². The molecule has 0 atom stereocenters. The Morgan fingerprint density at radius 2 is 1.00 bits per heavy atom. The van der Waals surface area contributed by atoms with Crippen LogP contribution in [0.1, 0.15) is 0 Å². The molecule has 8 aromatic carbocycles. The molecule has 0 amide bonds. The molecule has 0 aliphatic carbocycles. The Bertz CT molecular complexity index is 3370. The van der Waals surface area contributed by atoms with Crippen molar-refractivity contribution in [3.05, 3.63) is 158 Å². The molecule has 0 aliphatic heterocycles. The van der Waals surface area contributed by atoms with Crippen molar-refractivity contribution in [2.24, 2.45) is 0 Å². The second-order valence-electron chi connectivity index (χ2n) is 13.4. The molecule has 0 bridgehead atoms. The highest BCUT2D eigenvalue weighted by atomic mass is 15.2. The van der Waals surface area contributed by atoms with Crippen LogP contribution in [-0.2, 0) is 0 Å². The molecule has 0 fully saturated rings. The van der Waals surface area contributed by atoms with Gasteiger partial charge in [0.1, 0.15) is 0 Å². The lowest BCUT2D eigenvalue weighted by Gasteiger charge is -2.13. The molecular weight excluding hydrogens is 609 g/mol. The van der Waals surface area contributed by atoms with Crippen LogP contribution in [0.4, 0.5) is 0 Å². The first-order valence-corrected chi connectivity index (χ1v) is 17.1. The minimum atomic E-state index is 0.673. The molecule has 12 aromatic rings. The van der Waals surface area contributed by atoms with E-state index < -0.39 is 0 Å². The maximum atomic E-state index is 5.49. The van der Waals surface area contributed by atoms with Crippen molar-refractivity contribution in [1.82, 2.24) is 18.9 Å². The fourth-order valence-electron chi connectivity index (χ4n) is 8.73. The summed E-state index contributed by atoms with van der Waals surface area (Å²) in [6.07, 6.45) is 0. The molecular formula is C46H26N4. The van der Waals surface area contributed by atoms with Gasteiger partial charge in [-0.3, -0.25) is 4.57 Å². The van der Waals surface area contributed by atoms with Gasteiger partial charge >= 0.3 is 0 Å². The van der Waals surface area contributed by atoms with E-state index in [0.717, 1.165) is 44.0 Å². The maximum absolute atomic E-state index is 5.49. The minimum absolute atomic E-state index is 0.673. The van der Waals surface area contributed by atoms with Gasteiger partial charge in [0.2, 0.25) is 5.95 Å². The monoisotopic (exact) mass is 634 g/mol. The van der Waals surface area contributed by atoms with E-state index in [2.05, 4.69) is 167 Å². The molecule has 0 saturated carbocycles. The number of benzene rings is 8. The molecule has 4 heteroatoms. The molecule has 0 aliphatic rings. The third-order valence-electron chi connectivity index (χ3n) is 10.8. The summed E-state index contributed by atoms with van der Waals surface area (Å²) in [4.78, 5) is 11.0. The van der Waals surface area contributed by atoms with Crippen LogP contribution < -0.4 is 0 Å². The number of nitrogens with zero attached hydrogens (tertiary/aromatic N) is 4. The Kier molecular flexibility index (Phi) is 4.94. The summed E-state index contributed by atoms with van der Waals surface area (Å²) in [6, 6.07) is 56.7. The van der Waals surface area contributed by atoms with E-state index in [4.69, 9.17) is 9.97 Å². The lowest BCUT2D eigenvalue weighted by Crippen LogP contribution is -2.04. The molecule has 12 rings (SSSR count). The third kappa shape index (κ3) is 3.25. The van der Waals surface area contributed by atoms with Crippen LogP contribution in [0.2, 0.25) is 0 Å². The summed E-state index contributed by atoms with van der Waals surface area (Å²) in [5.41, 5.74) is 8.89. The number of para-hydroxylation sites is 2. The zero-order chi connectivity index (χ0) is 32.5. The second-order valence-corrected chi connectivity index (χ2v) is 13.4. The molecule has 0 spiro atoms. The number of hydrogen-bond acceptors (Lipinski definition) is 2. The summed E-state index contributed by atoms with van der Waals surface area (Å²) >= 11 is 0. The van der Waals surface area contributed by atoms with Crippen molar-refractivity contribution in [1.29, 1.82) is 0 Å². The van der Waals surface area contributed by atoms with Gasteiger partial charge in [0.25, 0.3) is 0 Å². The Labute approximate surface area is 285 Å². The predicted molar refractivity (Wildman–Crippen MR) is 209 cm³/mol. The predicted octanol–water partition coefficient (Wildman–Crippen LogP) is 11.9.